The summed E-state index contributed by atoms with van der Waals surface area (Å²) in [5.74, 6) is -0.408. The Hall–Kier alpha value is -2.62. The Kier molecular flexibility index (Phi) is 6.96. The smallest absolute Gasteiger partial charge is 0.334 e. The summed E-state index contributed by atoms with van der Waals surface area (Å²) in [5, 5.41) is 4.60. The van der Waals surface area contributed by atoms with Gasteiger partial charge >= 0.3 is 12.2 Å². The quantitative estimate of drug-likeness (QED) is 0.591. The van der Waals surface area contributed by atoms with Crippen LogP contribution in [0.3, 0.4) is 0 Å². The third-order valence-electron chi connectivity index (χ3n) is 3.03. The fourth-order valence-electron chi connectivity index (χ4n) is 1.81. The van der Waals surface area contributed by atoms with Crippen LogP contribution >= 0.6 is 11.8 Å². The molecule has 0 saturated heterocycles. The molecule has 138 valence electrons. The van der Waals surface area contributed by atoms with Gasteiger partial charge in [0.25, 0.3) is 0 Å². The van der Waals surface area contributed by atoms with E-state index < -0.39 is 23.8 Å². The normalized spacial score (nSPS) is 11.0. The van der Waals surface area contributed by atoms with Gasteiger partial charge in [0, 0.05) is 24.9 Å². The van der Waals surface area contributed by atoms with Gasteiger partial charge in [-0.15, -0.1) is 0 Å². The van der Waals surface area contributed by atoms with E-state index in [9.17, 15) is 22.8 Å². The minimum atomic E-state index is -4.55. The summed E-state index contributed by atoms with van der Waals surface area (Å²) in [7, 11) is 0. The van der Waals surface area contributed by atoms with E-state index in [1.54, 1.807) is 0 Å². The standard InChI is InChI=1S/C16H15F3N4O2S/c17-16(18,19)12-6-8-20-15(22-12)26-9-7-13(24)23-14(25)21-10-11-4-2-1-3-5-11/h1-6,8H,7,9-10H2,(H2,21,23,24,25). The molecule has 0 saturated carbocycles. The Labute approximate surface area is 151 Å². The van der Waals surface area contributed by atoms with Gasteiger partial charge in [0.1, 0.15) is 5.69 Å². The van der Waals surface area contributed by atoms with Crippen molar-refractivity contribution in [2.75, 3.05) is 5.75 Å². The SMILES string of the molecule is O=C(CCSc1nccc(C(F)(F)F)n1)NC(=O)NCc1ccccc1. The lowest BCUT2D eigenvalue weighted by Crippen LogP contribution is -2.39. The predicted octanol–water partition coefficient (Wildman–Crippen LogP) is 3.00. The summed E-state index contributed by atoms with van der Waals surface area (Å²) >= 11 is 0.902. The Morgan fingerprint density at radius 1 is 1.12 bits per heavy atom. The Balaban J connectivity index is 1.71. The number of hydrogen-bond acceptors (Lipinski definition) is 5. The van der Waals surface area contributed by atoms with Crippen molar-refractivity contribution in [3.8, 4) is 0 Å². The van der Waals surface area contributed by atoms with Crippen molar-refractivity contribution in [2.45, 2.75) is 24.3 Å². The molecule has 0 spiro atoms. The first-order valence-electron chi connectivity index (χ1n) is 7.49. The zero-order chi connectivity index (χ0) is 19.0. The number of nitrogens with one attached hydrogen (secondary N) is 2. The molecule has 0 bridgehead atoms. The van der Waals surface area contributed by atoms with Gasteiger partial charge in [-0.1, -0.05) is 42.1 Å². The Morgan fingerprint density at radius 2 is 1.85 bits per heavy atom. The fraction of sp³-hybridized carbons (Fsp3) is 0.250. The lowest BCUT2D eigenvalue weighted by atomic mass is 10.2. The molecule has 26 heavy (non-hydrogen) atoms. The second-order valence-electron chi connectivity index (χ2n) is 5.04. The molecule has 3 amide bonds. The van der Waals surface area contributed by atoms with Gasteiger partial charge in [0.2, 0.25) is 5.91 Å². The highest BCUT2D eigenvalue weighted by Gasteiger charge is 2.32. The van der Waals surface area contributed by atoms with Crippen molar-refractivity contribution in [3.05, 3.63) is 53.9 Å². The monoisotopic (exact) mass is 384 g/mol. The third-order valence-corrected chi connectivity index (χ3v) is 3.90. The number of halogens is 3. The summed E-state index contributed by atoms with van der Waals surface area (Å²) in [6.07, 6.45) is -3.61. The van der Waals surface area contributed by atoms with Crippen molar-refractivity contribution < 1.29 is 22.8 Å². The summed E-state index contributed by atoms with van der Waals surface area (Å²) in [5.41, 5.74) is -0.160. The number of rotatable bonds is 6. The minimum Gasteiger partial charge on any atom is -0.334 e. The molecule has 0 unspecified atom stereocenters. The van der Waals surface area contributed by atoms with E-state index in [4.69, 9.17) is 0 Å². The first-order chi connectivity index (χ1) is 12.3. The van der Waals surface area contributed by atoms with Crippen LogP contribution in [0.1, 0.15) is 17.7 Å². The van der Waals surface area contributed by atoms with Crippen molar-refractivity contribution >= 4 is 23.7 Å². The third kappa shape index (κ3) is 6.71. The Morgan fingerprint density at radius 3 is 2.54 bits per heavy atom. The van der Waals surface area contributed by atoms with Crippen LogP contribution in [0, 0.1) is 0 Å². The van der Waals surface area contributed by atoms with E-state index in [1.165, 1.54) is 0 Å². The molecule has 1 aromatic heterocycles. The number of hydrogen-bond donors (Lipinski definition) is 2. The zero-order valence-electron chi connectivity index (χ0n) is 13.4. The zero-order valence-corrected chi connectivity index (χ0v) is 14.2. The highest BCUT2D eigenvalue weighted by molar-refractivity contribution is 7.99. The molecule has 2 aromatic rings. The number of aromatic nitrogens is 2. The van der Waals surface area contributed by atoms with E-state index in [2.05, 4.69) is 20.6 Å². The van der Waals surface area contributed by atoms with Gasteiger partial charge in [-0.25, -0.2) is 14.8 Å². The lowest BCUT2D eigenvalue weighted by Gasteiger charge is -2.07. The van der Waals surface area contributed by atoms with Crippen LogP contribution in [0.4, 0.5) is 18.0 Å². The number of benzene rings is 1. The van der Waals surface area contributed by atoms with Crippen LogP contribution in [0.15, 0.2) is 47.8 Å². The number of amides is 3. The van der Waals surface area contributed by atoms with E-state index in [0.29, 0.717) is 0 Å². The Bertz CT molecular complexity index is 757. The fourth-order valence-corrected chi connectivity index (χ4v) is 2.58. The van der Waals surface area contributed by atoms with Gasteiger partial charge in [-0.3, -0.25) is 10.1 Å². The number of alkyl halides is 3. The second-order valence-corrected chi connectivity index (χ2v) is 6.10. The van der Waals surface area contributed by atoms with Gasteiger partial charge in [0.05, 0.1) is 0 Å². The second kappa shape index (κ2) is 9.18. The van der Waals surface area contributed by atoms with Crippen LogP contribution < -0.4 is 10.6 Å². The molecule has 0 aliphatic heterocycles. The largest absolute Gasteiger partial charge is 0.433 e. The van der Waals surface area contributed by atoms with Crippen LogP contribution in [0.25, 0.3) is 0 Å². The summed E-state index contributed by atoms with van der Waals surface area (Å²) < 4.78 is 37.6. The van der Waals surface area contributed by atoms with Crippen LogP contribution in [0.2, 0.25) is 0 Å². The molecule has 0 radical (unpaired) electrons. The van der Waals surface area contributed by atoms with Gasteiger partial charge < -0.3 is 5.32 Å². The molecule has 0 fully saturated rings. The van der Waals surface area contributed by atoms with Crippen LogP contribution in [-0.2, 0) is 17.5 Å². The topological polar surface area (TPSA) is 84.0 Å². The van der Waals surface area contributed by atoms with Gasteiger partial charge in [-0.05, 0) is 11.6 Å². The first-order valence-corrected chi connectivity index (χ1v) is 8.48. The molecule has 0 aliphatic rings. The molecular weight excluding hydrogens is 369 g/mol. The number of carbonyl (C=O) groups excluding carboxylic acids is 2. The van der Waals surface area contributed by atoms with Crippen LogP contribution in [0.5, 0.6) is 0 Å². The molecule has 2 rings (SSSR count). The molecule has 2 N–H and O–H groups in total. The summed E-state index contributed by atoms with van der Waals surface area (Å²) in [6, 6.07) is 9.29. The maximum absolute atomic E-state index is 12.5. The van der Waals surface area contributed by atoms with Gasteiger partial charge in [-0.2, -0.15) is 13.2 Å². The van der Waals surface area contributed by atoms with Crippen molar-refractivity contribution in [1.29, 1.82) is 0 Å². The number of thioether (sulfide) groups is 1. The molecule has 0 atom stereocenters. The highest BCUT2D eigenvalue weighted by atomic mass is 32.2. The maximum Gasteiger partial charge on any atom is 0.433 e. The van der Waals surface area contributed by atoms with Crippen LogP contribution in [-0.4, -0.2) is 27.7 Å². The number of urea groups is 1. The molecule has 1 aromatic carbocycles. The van der Waals surface area contributed by atoms with E-state index in [0.717, 1.165) is 29.6 Å². The summed E-state index contributed by atoms with van der Waals surface area (Å²) in [6.45, 7) is 0.271. The van der Waals surface area contributed by atoms with E-state index in [1.807, 2.05) is 30.3 Å². The molecule has 6 nitrogen and oxygen atoms in total. The summed E-state index contributed by atoms with van der Waals surface area (Å²) in [4.78, 5) is 30.4. The maximum atomic E-state index is 12.5. The van der Waals surface area contributed by atoms with Crippen molar-refractivity contribution in [2.24, 2.45) is 0 Å². The van der Waals surface area contributed by atoms with Gasteiger partial charge in [0.15, 0.2) is 5.16 Å². The molecule has 0 aliphatic carbocycles. The number of carbonyl (C=O) groups is 2. The average Bonchev–Trinajstić information content (AvgIpc) is 2.60. The predicted molar refractivity (Wildman–Crippen MR) is 89.2 cm³/mol. The highest BCUT2D eigenvalue weighted by Crippen LogP contribution is 2.28. The molecular formula is C16H15F3N4O2S. The van der Waals surface area contributed by atoms with E-state index in [-0.39, 0.29) is 23.9 Å². The lowest BCUT2D eigenvalue weighted by molar-refractivity contribution is -0.141. The minimum absolute atomic E-state index is 0.0664. The van der Waals surface area contributed by atoms with Crippen molar-refractivity contribution in [3.63, 3.8) is 0 Å². The number of nitrogens with zero attached hydrogens (tertiary/aromatic N) is 2. The first kappa shape index (κ1) is 19.7. The molecule has 10 heteroatoms. The average molecular weight is 384 g/mol. The molecule has 1 heterocycles. The number of imide groups is 1. The van der Waals surface area contributed by atoms with Crippen molar-refractivity contribution in [1.82, 2.24) is 20.6 Å². The van der Waals surface area contributed by atoms with E-state index >= 15 is 0 Å².